The van der Waals surface area contributed by atoms with Crippen LogP contribution in [0.15, 0.2) is 18.2 Å². The zero-order chi connectivity index (χ0) is 15.0. The van der Waals surface area contributed by atoms with Crippen LogP contribution in [-0.4, -0.2) is 50.5 Å². The summed E-state index contributed by atoms with van der Waals surface area (Å²) in [4.78, 5) is 12.3. The van der Waals surface area contributed by atoms with Crippen LogP contribution in [0.25, 0.3) is 0 Å². The fourth-order valence-corrected chi connectivity index (χ4v) is 4.99. The normalized spacial score (nSPS) is 26.3. The van der Waals surface area contributed by atoms with E-state index in [0.717, 1.165) is 0 Å². The Kier molecular flexibility index (Phi) is 3.71. The second-order valence-corrected chi connectivity index (χ2v) is 7.72. The molecule has 0 aromatic heterocycles. The third-order valence-corrected chi connectivity index (χ3v) is 5.79. The molecule has 0 radical (unpaired) electrons. The lowest BCUT2D eigenvalue weighted by Crippen LogP contribution is -2.40. The van der Waals surface area contributed by atoms with Crippen LogP contribution in [0, 0.1) is 0 Å². The molecule has 2 aliphatic rings. The van der Waals surface area contributed by atoms with Crippen LogP contribution in [0.3, 0.4) is 0 Å². The molecule has 1 aromatic rings. The predicted molar refractivity (Wildman–Crippen MR) is 77.0 cm³/mol. The molecule has 6 nitrogen and oxygen atoms in total. The van der Waals surface area contributed by atoms with Crippen LogP contribution in [0.2, 0.25) is 0 Å². The van der Waals surface area contributed by atoms with Gasteiger partial charge in [-0.2, -0.15) is 0 Å². The Hall–Kier alpha value is -1.47. The largest absolute Gasteiger partial charge is 0.486 e. The number of sulfone groups is 1. The molecular formula is C13H14ClNO5S. The van der Waals surface area contributed by atoms with E-state index in [1.165, 1.54) is 0 Å². The molecule has 2 aliphatic heterocycles. The zero-order valence-electron chi connectivity index (χ0n) is 11.0. The second-order valence-electron chi connectivity index (χ2n) is 5.00. The van der Waals surface area contributed by atoms with Crippen LogP contribution in [0.5, 0.6) is 11.5 Å². The van der Waals surface area contributed by atoms with Gasteiger partial charge in [0.1, 0.15) is 13.2 Å². The molecule has 1 N–H and O–H groups in total. The topological polar surface area (TPSA) is 81.7 Å². The average molecular weight is 332 g/mol. The first-order valence-corrected chi connectivity index (χ1v) is 8.76. The van der Waals surface area contributed by atoms with Crippen molar-refractivity contribution in [2.24, 2.45) is 0 Å². The Morgan fingerprint density at radius 2 is 2.00 bits per heavy atom. The summed E-state index contributed by atoms with van der Waals surface area (Å²) >= 11 is 5.99. The molecule has 0 bridgehead atoms. The van der Waals surface area contributed by atoms with Gasteiger partial charge in [0.25, 0.3) is 5.91 Å². The number of fused-ring (bicyclic) bond motifs is 1. The molecule has 0 saturated carbocycles. The molecule has 1 saturated heterocycles. The monoisotopic (exact) mass is 331 g/mol. The fraction of sp³-hybridized carbons (Fsp3) is 0.462. The molecule has 0 spiro atoms. The average Bonchev–Trinajstić information content (AvgIpc) is 2.70. The van der Waals surface area contributed by atoms with E-state index in [-0.39, 0.29) is 11.5 Å². The van der Waals surface area contributed by atoms with E-state index in [9.17, 15) is 13.2 Å². The van der Waals surface area contributed by atoms with Crippen LogP contribution >= 0.6 is 11.6 Å². The van der Waals surface area contributed by atoms with E-state index < -0.39 is 27.2 Å². The van der Waals surface area contributed by atoms with Gasteiger partial charge in [0, 0.05) is 0 Å². The lowest BCUT2D eigenvalue weighted by molar-refractivity contribution is 0.0930. The van der Waals surface area contributed by atoms with Gasteiger partial charge in [0.15, 0.2) is 21.3 Å². The number of alkyl halides is 1. The summed E-state index contributed by atoms with van der Waals surface area (Å²) in [6, 6.07) is 4.42. The van der Waals surface area contributed by atoms with Gasteiger partial charge in [0.05, 0.1) is 28.5 Å². The van der Waals surface area contributed by atoms with Crippen LogP contribution in [0.4, 0.5) is 0 Å². The van der Waals surface area contributed by atoms with Crippen molar-refractivity contribution in [3.63, 3.8) is 0 Å². The number of rotatable bonds is 2. The Labute approximate surface area is 127 Å². The summed E-state index contributed by atoms with van der Waals surface area (Å²) in [6.45, 7) is 0.802. The molecule has 0 aliphatic carbocycles. The SMILES string of the molecule is O=C(NC1CS(=O)(=O)CC1Cl)c1cccc2c1OCCO2. The van der Waals surface area contributed by atoms with E-state index in [2.05, 4.69) is 5.32 Å². The number of benzene rings is 1. The molecule has 2 heterocycles. The third kappa shape index (κ3) is 2.94. The third-order valence-electron chi connectivity index (χ3n) is 3.41. The maximum atomic E-state index is 12.3. The highest BCUT2D eigenvalue weighted by atomic mass is 35.5. The molecular weight excluding hydrogens is 318 g/mol. The summed E-state index contributed by atoms with van der Waals surface area (Å²) in [5, 5.41) is 2.05. The number of carbonyl (C=O) groups excluding carboxylic acids is 1. The quantitative estimate of drug-likeness (QED) is 0.802. The number of nitrogens with one attached hydrogen (secondary N) is 1. The van der Waals surface area contributed by atoms with E-state index in [0.29, 0.717) is 30.3 Å². The summed E-state index contributed by atoms with van der Waals surface area (Å²) in [6.07, 6.45) is 0. The minimum atomic E-state index is -3.19. The molecule has 8 heteroatoms. The number of halogens is 1. The lowest BCUT2D eigenvalue weighted by atomic mass is 10.1. The van der Waals surface area contributed by atoms with Gasteiger partial charge in [-0.1, -0.05) is 6.07 Å². The van der Waals surface area contributed by atoms with Gasteiger partial charge in [-0.05, 0) is 12.1 Å². The van der Waals surface area contributed by atoms with Gasteiger partial charge in [-0.15, -0.1) is 11.6 Å². The summed E-state index contributed by atoms with van der Waals surface area (Å²) in [7, 11) is -3.19. The number of carbonyl (C=O) groups is 1. The van der Waals surface area contributed by atoms with Gasteiger partial charge in [-0.25, -0.2) is 8.42 Å². The summed E-state index contributed by atoms with van der Waals surface area (Å²) < 4.78 is 33.9. The number of ether oxygens (including phenoxy) is 2. The number of amides is 1. The standard InChI is InChI=1S/C13H14ClNO5S/c14-9-6-21(17,18)7-10(9)15-13(16)8-2-1-3-11-12(8)20-5-4-19-11/h1-3,9-10H,4-7H2,(H,15,16). The van der Waals surface area contributed by atoms with Crippen molar-refractivity contribution in [3.05, 3.63) is 23.8 Å². The highest BCUT2D eigenvalue weighted by molar-refractivity contribution is 7.91. The van der Waals surface area contributed by atoms with Gasteiger partial charge < -0.3 is 14.8 Å². The van der Waals surface area contributed by atoms with Crippen LogP contribution in [-0.2, 0) is 9.84 Å². The van der Waals surface area contributed by atoms with Crippen molar-refractivity contribution in [1.82, 2.24) is 5.32 Å². The number of hydrogen-bond donors (Lipinski definition) is 1. The highest BCUT2D eigenvalue weighted by Gasteiger charge is 2.37. The first-order chi connectivity index (χ1) is 9.96. The number of para-hydroxylation sites is 1. The predicted octanol–water partition coefficient (Wildman–Crippen LogP) is 0.592. The second kappa shape index (κ2) is 5.38. The van der Waals surface area contributed by atoms with Gasteiger partial charge >= 0.3 is 0 Å². The lowest BCUT2D eigenvalue weighted by Gasteiger charge is -2.21. The molecule has 1 amide bonds. The Morgan fingerprint density at radius 1 is 1.24 bits per heavy atom. The fourth-order valence-electron chi connectivity index (χ4n) is 2.44. The zero-order valence-corrected chi connectivity index (χ0v) is 12.6. The highest BCUT2D eigenvalue weighted by Crippen LogP contribution is 2.33. The minimum Gasteiger partial charge on any atom is -0.486 e. The van der Waals surface area contributed by atoms with E-state index in [1.54, 1.807) is 18.2 Å². The Balaban J connectivity index is 1.80. The smallest absolute Gasteiger partial charge is 0.255 e. The first kappa shape index (κ1) is 14.5. The molecule has 3 rings (SSSR count). The van der Waals surface area contributed by atoms with E-state index in [1.807, 2.05) is 0 Å². The maximum absolute atomic E-state index is 12.3. The minimum absolute atomic E-state index is 0.119. The first-order valence-electron chi connectivity index (χ1n) is 6.50. The number of hydrogen-bond acceptors (Lipinski definition) is 5. The summed E-state index contributed by atoms with van der Waals surface area (Å²) in [5.74, 6) is 0.222. The van der Waals surface area contributed by atoms with Gasteiger partial charge in [-0.3, -0.25) is 4.79 Å². The molecule has 2 atom stereocenters. The van der Waals surface area contributed by atoms with Crippen LogP contribution < -0.4 is 14.8 Å². The van der Waals surface area contributed by atoms with Crippen molar-refractivity contribution in [2.45, 2.75) is 11.4 Å². The van der Waals surface area contributed by atoms with Gasteiger partial charge in [0.2, 0.25) is 0 Å². The molecule has 1 aromatic carbocycles. The van der Waals surface area contributed by atoms with Crippen molar-refractivity contribution >= 4 is 27.3 Å². The van der Waals surface area contributed by atoms with E-state index in [4.69, 9.17) is 21.1 Å². The Bertz CT molecular complexity index is 675. The Morgan fingerprint density at radius 3 is 2.71 bits per heavy atom. The molecule has 114 valence electrons. The molecule has 1 fully saturated rings. The van der Waals surface area contributed by atoms with Crippen molar-refractivity contribution in [3.8, 4) is 11.5 Å². The maximum Gasteiger partial charge on any atom is 0.255 e. The molecule has 21 heavy (non-hydrogen) atoms. The van der Waals surface area contributed by atoms with Crippen LogP contribution in [0.1, 0.15) is 10.4 Å². The van der Waals surface area contributed by atoms with E-state index >= 15 is 0 Å². The molecule has 2 unspecified atom stereocenters. The summed E-state index contributed by atoms with van der Waals surface area (Å²) in [5.41, 5.74) is 0.320. The van der Waals surface area contributed by atoms with Crippen molar-refractivity contribution in [1.29, 1.82) is 0 Å². The van der Waals surface area contributed by atoms with Crippen molar-refractivity contribution < 1.29 is 22.7 Å². The van der Waals surface area contributed by atoms with Crippen molar-refractivity contribution in [2.75, 3.05) is 24.7 Å².